The lowest BCUT2D eigenvalue weighted by Gasteiger charge is -2.15. The van der Waals surface area contributed by atoms with Crippen LogP contribution in [0, 0.1) is 0 Å². The van der Waals surface area contributed by atoms with E-state index in [0.29, 0.717) is 12.3 Å². The fourth-order valence-electron chi connectivity index (χ4n) is 2.11. The second-order valence-corrected chi connectivity index (χ2v) is 10.9. The molecule has 0 saturated heterocycles. The van der Waals surface area contributed by atoms with Crippen LogP contribution in [0.15, 0.2) is 0 Å². The van der Waals surface area contributed by atoms with Crippen molar-refractivity contribution in [3.8, 4) is 0 Å². The van der Waals surface area contributed by atoms with Gasteiger partial charge in [0.25, 0.3) is 0 Å². The monoisotopic (exact) mass is 326 g/mol. The summed E-state index contributed by atoms with van der Waals surface area (Å²) in [4.78, 5) is 19.6. The molecule has 4 nitrogen and oxygen atoms in total. The van der Waals surface area contributed by atoms with E-state index in [2.05, 4.69) is 13.8 Å². The SMILES string of the molecule is CCCCCCP(=O)(O)CCP(=O)(O)CCCCCC. The second kappa shape index (κ2) is 11.0. The van der Waals surface area contributed by atoms with Crippen molar-refractivity contribution < 1.29 is 18.9 Å². The van der Waals surface area contributed by atoms with Crippen LogP contribution in [0.4, 0.5) is 0 Å². The Morgan fingerprint density at radius 3 is 1.25 bits per heavy atom. The predicted molar refractivity (Wildman–Crippen MR) is 87.4 cm³/mol. The molecular weight excluding hydrogens is 294 g/mol. The van der Waals surface area contributed by atoms with Crippen LogP contribution in [-0.2, 0) is 9.13 Å². The normalized spacial score (nSPS) is 17.6. The first kappa shape index (κ1) is 20.4. The standard InChI is InChI=1S/C14H32O4P2/c1-3-5-7-9-11-19(15,16)13-14-20(17,18)12-10-8-6-4-2/h3-14H2,1-2H3,(H,15,16)(H,17,18). The Hall–Kier alpha value is 0.380. The van der Waals surface area contributed by atoms with Gasteiger partial charge in [0.15, 0.2) is 0 Å². The Bertz CT molecular complexity index is 299. The molecule has 0 fully saturated rings. The molecule has 0 saturated carbocycles. The van der Waals surface area contributed by atoms with E-state index in [4.69, 9.17) is 0 Å². The van der Waals surface area contributed by atoms with Gasteiger partial charge in [0, 0.05) is 24.6 Å². The maximum absolute atomic E-state index is 11.9. The molecule has 2 unspecified atom stereocenters. The quantitative estimate of drug-likeness (QED) is 0.380. The molecule has 2 atom stereocenters. The number of hydrogen-bond donors (Lipinski definition) is 2. The van der Waals surface area contributed by atoms with Gasteiger partial charge in [-0.25, -0.2) is 0 Å². The first-order valence-corrected chi connectivity index (χ1v) is 12.0. The summed E-state index contributed by atoms with van der Waals surface area (Å²) in [6, 6.07) is 0. The van der Waals surface area contributed by atoms with Crippen molar-refractivity contribution in [2.45, 2.75) is 65.2 Å². The van der Waals surface area contributed by atoms with Gasteiger partial charge in [-0.05, 0) is 12.8 Å². The van der Waals surface area contributed by atoms with Crippen molar-refractivity contribution >= 4 is 14.7 Å². The summed E-state index contributed by atoms with van der Waals surface area (Å²) in [7, 11) is -6.41. The van der Waals surface area contributed by atoms with E-state index in [1.54, 1.807) is 0 Å². The van der Waals surface area contributed by atoms with Gasteiger partial charge in [0.1, 0.15) is 0 Å². The largest absolute Gasteiger partial charge is 0.344 e. The van der Waals surface area contributed by atoms with Gasteiger partial charge in [-0.3, -0.25) is 9.13 Å². The minimum Gasteiger partial charge on any atom is -0.344 e. The fraction of sp³-hybridized carbons (Fsp3) is 1.00. The highest BCUT2D eigenvalue weighted by molar-refractivity contribution is 7.62. The molecule has 6 heteroatoms. The Balaban J connectivity index is 3.91. The average Bonchev–Trinajstić information content (AvgIpc) is 2.38. The number of rotatable bonds is 13. The average molecular weight is 326 g/mol. The molecule has 0 radical (unpaired) electrons. The van der Waals surface area contributed by atoms with E-state index in [-0.39, 0.29) is 12.3 Å². The van der Waals surface area contributed by atoms with Crippen LogP contribution in [-0.4, -0.2) is 34.4 Å². The summed E-state index contributed by atoms with van der Waals surface area (Å²) in [6.45, 7) is 4.19. The van der Waals surface area contributed by atoms with Gasteiger partial charge in [-0.1, -0.05) is 52.4 Å². The van der Waals surface area contributed by atoms with Gasteiger partial charge < -0.3 is 9.79 Å². The highest BCUT2D eigenvalue weighted by atomic mass is 31.2. The van der Waals surface area contributed by atoms with E-state index >= 15 is 0 Å². The molecule has 0 rings (SSSR count). The van der Waals surface area contributed by atoms with Crippen LogP contribution >= 0.6 is 14.7 Å². The summed E-state index contributed by atoms with van der Waals surface area (Å²) in [5, 5.41) is 0. The van der Waals surface area contributed by atoms with Crippen molar-refractivity contribution in [1.82, 2.24) is 0 Å². The lowest BCUT2D eigenvalue weighted by Crippen LogP contribution is -2.03. The van der Waals surface area contributed by atoms with E-state index in [1.165, 1.54) is 0 Å². The molecule has 0 spiro atoms. The molecule has 0 aromatic rings. The van der Waals surface area contributed by atoms with Crippen LogP contribution in [0.2, 0.25) is 0 Å². The van der Waals surface area contributed by atoms with Crippen LogP contribution in [0.25, 0.3) is 0 Å². The third kappa shape index (κ3) is 12.1. The first-order valence-electron chi connectivity index (χ1n) is 7.94. The van der Waals surface area contributed by atoms with Crippen LogP contribution in [0.3, 0.4) is 0 Å². The number of unbranched alkanes of at least 4 members (excludes halogenated alkanes) is 6. The van der Waals surface area contributed by atoms with Gasteiger partial charge in [0.2, 0.25) is 14.7 Å². The molecular formula is C14H32O4P2. The molecule has 122 valence electrons. The lowest BCUT2D eigenvalue weighted by atomic mass is 10.2. The smallest absolute Gasteiger partial charge is 0.201 e. The Kier molecular flexibility index (Phi) is 11.2. The van der Waals surface area contributed by atoms with Crippen LogP contribution in [0.1, 0.15) is 65.2 Å². The van der Waals surface area contributed by atoms with Gasteiger partial charge in [-0.2, -0.15) is 0 Å². The van der Waals surface area contributed by atoms with E-state index in [1.807, 2.05) is 0 Å². The first-order chi connectivity index (χ1) is 9.33. The maximum Gasteiger partial charge on any atom is 0.201 e. The summed E-state index contributed by atoms with van der Waals surface area (Å²) in [6.07, 6.45) is 8.36. The Labute approximate surface area is 124 Å². The second-order valence-electron chi connectivity index (χ2n) is 5.71. The zero-order valence-corrected chi connectivity index (χ0v) is 14.9. The summed E-state index contributed by atoms with van der Waals surface area (Å²) < 4.78 is 23.8. The predicted octanol–water partition coefficient (Wildman–Crippen LogP) is 4.69. The van der Waals surface area contributed by atoms with E-state index < -0.39 is 14.7 Å². The summed E-state index contributed by atoms with van der Waals surface area (Å²) in [5.41, 5.74) is 0. The van der Waals surface area contributed by atoms with Crippen LogP contribution < -0.4 is 0 Å². The van der Waals surface area contributed by atoms with Gasteiger partial charge in [0.05, 0.1) is 0 Å². The molecule has 0 aromatic heterocycles. The molecule has 2 N–H and O–H groups in total. The minimum absolute atomic E-state index is 0.000675. The number of hydrogen-bond acceptors (Lipinski definition) is 2. The molecule has 0 aliphatic rings. The van der Waals surface area contributed by atoms with E-state index in [9.17, 15) is 18.9 Å². The molecule has 0 bridgehead atoms. The Morgan fingerprint density at radius 2 is 0.950 bits per heavy atom. The van der Waals surface area contributed by atoms with Crippen molar-refractivity contribution in [3.05, 3.63) is 0 Å². The molecule has 0 amide bonds. The van der Waals surface area contributed by atoms with Crippen molar-refractivity contribution in [2.24, 2.45) is 0 Å². The zero-order valence-electron chi connectivity index (χ0n) is 13.1. The Morgan fingerprint density at radius 1 is 0.600 bits per heavy atom. The molecule has 0 aliphatic heterocycles. The van der Waals surface area contributed by atoms with Crippen molar-refractivity contribution in [2.75, 3.05) is 24.6 Å². The van der Waals surface area contributed by atoms with Crippen molar-refractivity contribution in [1.29, 1.82) is 0 Å². The highest BCUT2D eigenvalue weighted by Crippen LogP contribution is 2.49. The van der Waals surface area contributed by atoms with Gasteiger partial charge in [-0.15, -0.1) is 0 Å². The highest BCUT2D eigenvalue weighted by Gasteiger charge is 2.24. The van der Waals surface area contributed by atoms with E-state index in [0.717, 1.165) is 51.4 Å². The van der Waals surface area contributed by atoms with Crippen molar-refractivity contribution in [3.63, 3.8) is 0 Å². The summed E-state index contributed by atoms with van der Waals surface area (Å²) >= 11 is 0. The minimum atomic E-state index is -3.21. The molecule has 0 heterocycles. The fourth-order valence-corrected chi connectivity index (χ4v) is 6.49. The van der Waals surface area contributed by atoms with Gasteiger partial charge >= 0.3 is 0 Å². The summed E-state index contributed by atoms with van der Waals surface area (Å²) in [5.74, 6) is 0. The third-order valence-corrected chi connectivity index (χ3v) is 7.75. The van der Waals surface area contributed by atoms with Crippen LogP contribution in [0.5, 0.6) is 0 Å². The lowest BCUT2D eigenvalue weighted by molar-refractivity contribution is 0.463. The molecule has 0 aliphatic carbocycles. The third-order valence-electron chi connectivity index (χ3n) is 3.52. The topological polar surface area (TPSA) is 74.6 Å². The molecule has 0 aromatic carbocycles. The molecule has 20 heavy (non-hydrogen) atoms. The zero-order chi connectivity index (χ0) is 15.5. The maximum atomic E-state index is 11.9.